The highest BCUT2D eigenvalue weighted by Crippen LogP contribution is 2.22. The van der Waals surface area contributed by atoms with Crippen LogP contribution >= 0.6 is 0 Å². The molecule has 1 aliphatic rings. The Kier molecular flexibility index (Phi) is 2.65. The third-order valence-electron chi connectivity index (χ3n) is 2.08. The third kappa shape index (κ3) is 1.86. The molecule has 4 heteroatoms. The van der Waals surface area contributed by atoms with Crippen molar-refractivity contribution in [3.05, 3.63) is 23.9 Å². The van der Waals surface area contributed by atoms with Gasteiger partial charge in [-0.25, -0.2) is 4.98 Å². The maximum atomic E-state index is 5.37. The zero-order chi connectivity index (χ0) is 9.97. The minimum Gasteiger partial charge on any atom is -0.363 e. The molecule has 1 aliphatic heterocycles. The van der Waals surface area contributed by atoms with Gasteiger partial charge in [-0.15, -0.1) is 0 Å². The van der Waals surface area contributed by atoms with Crippen molar-refractivity contribution in [2.24, 2.45) is 0 Å². The van der Waals surface area contributed by atoms with Crippen molar-refractivity contribution in [3.8, 4) is 0 Å². The topological polar surface area (TPSA) is 34.6 Å². The lowest BCUT2D eigenvalue weighted by molar-refractivity contribution is -0.0472. The van der Waals surface area contributed by atoms with Gasteiger partial charge in [0.25, 0.3) is 0 Å². The van der Waals surface area contributed by atoms with E-state index >= 15 is 0 Å². The van der Waals surface area contributed by atoms with Crippen LogP contribution in [0.1, 0.15) is 12.0 Å². The normalized spacial score (nSPS) is 17.3. The second-order valence-corrected chi connectivity index (χ2v) is 3.39. The van der Waals surface area contributed by atoms with Crippen molar-refractivity contribution in [1.29, 1.82) is 0 Å². The summed E-state index contributed by atoms with van der Waals surface area (Å²) in [7, 11) is 3.92. The molecule has 1 fully saturated rings. The predicted octanol–water partition coefficient (Wildman–Crippen LogP) is 1.19. The van der Waals surface area contributed by atoms with Crippen LogP contribution in [0.25, 0.3) is 0 Å². The smallest absolute Gasteiger partial charge is 0.201 e. The van der Waals surface area contributed by atoms with Gasteiger partial charge in [0.15, 0.2) is 0 Å². The van der Waals surface area contributed by atoms with Gasteiger partial charge in [-0.05, 0) is 12.1 Å². The van der Waals surface area contributed by atoms with Gasteiger partial charge >= 0.3 is 0 Å². The fourth-order valence-electron chi connectivity index (χ4n) is 1.35. The Balaban J connectivity index is 2.21. The first kappa shape index (κ1) is 9.43. The first-order chi connectivity index (χ1) is 6.77. The number of aromatic nitrogens is 1. The number of pyridine rings is 1. The Morgan fingerprint density at radius 2 is 2.00 bits per heavy atom. The molecule has 0 bridgehead atoms. The van der Waals surface area contributed by atoms with E-state index in [1.165, 1.54) is 0 Å². The summed E-state index contributed by atoms with van der Waals surface area (Å²) >= 11 is 0. The van der Waals surface area contributed by atoms with Crippen LogP contribution in [-0.2, 0) is 9.47 Å². The van der Waals surface area contributed by atoms with Crippen molar-refractivity contribution >= 4 is 5.82 Å². The van der Waals surface area contributed by atoms with Gasteiger partial charge in [0.05, 0.1) is 18.9 Å². The molecular formula is C10H14N2O2. The van der Waals surface area contributed by atoms with E-state index in [0.717, 1.165) is 11.5 Å². The first-order valence-electron chi connectivity index (χ1n) is 4.65. The van der Waals surface area contributed by atoms with Crippen LogP contribution in [0.2, 0.25) is 0 Å². The average Bonchev–Trinajstić information content (AvgIpc) is 2.71. The van der Waals surface area contributed by atoms with Crippen LogP contribution in [0.15, 0.2) is 18.2 Å². The third-order valence-corrected chi connectivity index (χ3v) is 2.08. The molecule has 1 saturated heterocycles. The van der Waals surface area contributed by atoms with Gasteiger partial charge in [-0.2, -0.15) is 0 Å². The van der Waals surface area contributed by atoms with Gasteiger partial charge < -0.3 is 14.4 Å². The van der Waals surface area contributed by atoms with E-state index in [4.69, 9.17) is 9.47 Å². The lowest BCUT2D eigenvalue weighted by Gasteiger charge is -2.14. The second-order valence-electron chi connectivity index (χ2n) is 3.39. The molecule has 0 N–H and O–H groups in total. The molecule has 76 valence electrons. The SMILES string of the molecule is CN(C)c1cccc(C2OCCO2)n1. The molecule has 0 unspecified atom stereocenters. The highest BCUT2D eigenvalue weighted by molar-refractivity contribution is 5.37. The molecule has 1 aromatic rings. The first-order valence-corrected chi connectivity index (χ1v) is 4.65. The van der Waals surface area contributed by atoms with E-state index in [0.29, 0.717) is 13.2 Å². The zero-order valence-electron chi connectivity index (χ0n) is 8.43. The quantitative estimate of drug-likeness (QED) is 0.708. The minimum absolute atomic E-state index is 0.283. The maximum Gasteiger partial charge on any atom is 0.201 e. The highest BCUT2D eigenvalue weighted by atomic mass is 16.7. The second kappa shape index (κ2) is 3.94. The Hall–Kier alpha value is -1.13. The lowest BCUT2D eigenvalue weighted by atomic mass is 10.3. The number of ether oxygens (including phenoxy) is 2. The van der Waals surface area contributed by atoms with Crippen LogP contribution in [-0.4, -0.2) is 32.3 Å². The standard InChI is InChI=1S/C10H14N2O2/c1-12(2)9-5-3-4-8(11-9)10-13-6-7-14-10/h3-5,10H,6-7H2,1-2H3. The minimum atomic E-state index is -0.283. The number of nitrogens with zero attached hydrogens (tertiary/aromatic N) is 2. The molecule has 0 spiro atoms. The number of anilines is 1. The fourth-order valence-corrected chi connectivity index (χ4v) is 1.35. The molecule has 1 aromatic heterocycles. The van der Waals surface area contributed by atoms with E-state index in [2.05, 4.69) is 4.98 Å². The Morgan fingerprint density at radius 1 is 1.29 bits per heavy atom. The summed E-state index contributed by atoms with van der Waals surface area (Å²) in [6, 6.07) is 5.84. The van der Waals surface area contributed by atoms with E-state index in [1.807, 2.05) is 37.2 Å². The Morgan fingerprint density at radius 3 is 2.64 bits per heavy atom. The number of hydrogen-bond acceptors (Lipinski definition) is 4. The van der Waals surface area contributed by atoms with Gasteiger partial charge in [-0.1, -0.05) is 6.07 Å². The van der Waals surface area contributed by atoms with Gasteiger partial charge in [0, 0.05) is 14.1 Å². The molecule has 0 radical (unpaired) electrons. The molecule has 4 nitrogen and oxygen atoms in total. The number of hydrogen-bond donors (Lipinski definition) is 0. The van der Waals surface area contributed by atoms with E-state index in [-0.39, 0.29) is 6.29 Å². The molecule has 2 heterocycles. The Labute approximate surface area is 83.5 Å². The molecule has 0 aliphatic carbocycles. The maximum absolute atomic E-state index is 5.37. The summed E-state index contributed by atoms with van der Waals surface area (Å²) in [4.78, 5) is 6.39. The van der Waals surface area contributed by atoms with Crippen LogP contribution in [0, 0.1) is 0 Å². The van der Waals surface area contributed by atoms with Crippen molar-refractivity contribution in [2.45, 2.75) is 6.29 Å². The lowest BCUT2D eigenvalue weighted by Crippen LogP contribution is -2.12. The predicted molar refractivity (Wildman–Crippen MR) is 53.2 cm³/mol. The van der Waals surface area contributed by atoms with E-state index in [1.54, 1.807) is 0 Å². The van der Waals surface area contributed by atoms with Crippen LogP contribution in [0.5, 0.6) is 0 Å². The van der Waals surface area contributed by atoms with Crippen LogP contribution in [0.4, 0.5) is 5.82 Å². The molecular weight excluding hydrogens is 180 g/mol. The molecule has 0 amide bonds. The molecule has 14 heavy (non-hydrogen) atoms. The van der Waals surface area contributed by atoms with Crippen molar-refractivity contribution in [3.63, 3.8) is 0 Å². The molecule has 2 rings (SSSR count). The summed E-state index contributed by atoms with van der Waals surface area (Å²) < 4.78 is 10.7. The summed E-state index contributed by atoms with van der Waals surface area (Å²) in [5.74, 6) is 0.918. The van der Waals surface area contributed by atoms with Gasteiger partial charge in [0.2, 0.25) is 6.29 Å². The van der Waals surface area contributed by atoms with Gasteiger partial charge in [0.1, 0.15) is 5.82 Å². The zero-order valence-corrected chi connectivity index (χ0v) is 8.43. The van der Waals surface area contributed by atoms with Crippen LogP contribution < -0.4 is 4.90 Å². The van der Waals surface area contributed by atoms with Crippen LogP contribution in [0.3, 0.4) is 0 Å². The highest BCUT2D eigenvalue weighted by Gasteiger charge is 2.19. The average molecular weight is 194 g/mol. The summed E-state index contributed by atoms with van der Waals surface area (Å²) in [6.45, 7) is 1.30. The fraction of sp³-hybridized carbons (Fsp3) is 0.500. The number of rotatable bonds is 2. The largest absolute Gasteiger partial charge is 0.363 e. The summed E-state index contributed by atoms with van der Waals surface area (Å²) in [6.07, 6.45) is -0.283. The molecule has 0 atom stereocenters. The van der Waals surface area contributed by atoms with E-state index in [9.17, 15) is 0 Å². The van der Waals surface area contributed by atoms with Crippen molar-refractivity contribution in [2.75, 3.05) is 32.2 Å². The molecule has 0 aromatic carbocycles. The van der Waals surface area contributed by atoms with Crippen molar-refractivity contribution in [1.82, 2.24) is 4.98 Å². The summed E-state index contributed by atoms with van der Waals surface area (Å²) in [5.41, 5.74) is 0.841. The Bertz CT molecular complexity index is 309. The monoisotopic (exact) mass is 194 g/mol. The molecule has 0 saturated carbocycles. The van der Waals surface area contributed by atoms with E-state index < -0.39 is 0 Å². The summed E-state index contributed by atoms with van der Waals surface area (Å²) in [5, 5.41) is 0. The van der Waals surface area contributed by atoms with Gasteiger partial charge in [-0.3, -0.25) is 0 Å². The van der Waals surface area contributed by atoms with Crippen molar-refractivity contribution < 1.29 is 9.47 Å².